The van der Waals surface area contributed by atoms with Crippen molar-refractivity contribution in [1.29, 1.82) is 0 Å². The van der Waals surface area contributed by atoms with E-state index < -0.39 is 5.97 Å². The smallest absolute Gasteiger partial charge is 0.325 e. The molecular weight excluding hydrogens is 250 g/mol. The molecular formula is C13H17NO5. The molecule has 0 aromatic heterocycles. The molecule has 0 aliphatic rings. The van der Waals surface area contributed by atoms with Gasteiger partial charge in [-0.05, 0) is 25.1 Å². The van der Waals surface area contributed by atoms with Crippen LogP contribution in [0, 0.1) is 0 Å². The molecule has 0 unspecified atom stereocenters. The van der Waals surface area contributed by atoms with E-state index in [1.54, 1.807) is 25.1 Å². The Kier molecular flexibility index (Phi) is 5.66. The molecule has 19 heavy (non-hydrogen) atoms. The first kappa shape index (κ1) is 14.8. The summed E-state index contributed by atoms with van der Waals surface area (Å²) >= 11 is 0. The maximum absolute atomic E-state index is 11.8. The van der Waals surface area contributed by atoms with Gasteiger partial charge in [-0.25, -0.2) is 0 Å². The second-order valence-corrected chi connectivity index (χ2v) is 3.56. The molecule has 0 aliphatic heterocycles. The van der Waals surface area contributed by atoms with Gasteiger partial charge in [0.05, 0.1) is 20.8 Å². The predicted octanol–water partition coefficient (Wildman–Crippen LogP) is 0.997. The van der Waals surface area contributed by atoms with Crippen molar-refractivity contribution < 1.29 is 23.8 Å². The molecule has 0 atom stereocenters. The number of carbonyl (C=O) groups excluding carboxylic acids is 2. The molecule has 6 heteroatoms. The number of hydrogen-bond acceptors (Lipinski definition) is 5. The van der Waals surface area contributed by atoms with Crippen LogP contribution in [0.3, 0.4) is 0 Å². The molecule has 0 saturated carbocycles. The molecule has 0 spiro atoms. The topological polar surface area (TPSA) is 73.9 Å². The molecule has 1 rings (SSSR count). The third-order valence-electron chi connectivity index (χ3n) is 2.34. The Balaban J connectivity index is 2.69. The van der Waals surface area contributed by atoms with E-state index >= 15 is 0 Å². The summed E-state index contributed by atoms with van der Waals surface area (Å²) in [5.41, 5.74) is 0.377. The summed E-state index contributed by atoms with van der Waals surface area (Å²) in [7, 11) is 3.00. The minimum Gasteiger partial charge on any atom is -0.493 e. The molecule has 0 saturated heterocycles. The van der Waals surface area contributed by atoms with Gasteiger partial charge in [-0.15, -0.1) is 0 Å². The van der Waals surface area contributed by atoms with E-state index in [0.717, 1.165) is 0 Å². The van der Waals surface area contributed by atoms with Gasteiger partial charge in [0.15, 0.2) is 11.5 Å². The standard InChI is InChI=1S/C13H17NO5/c1-4-19-12(15)8-14-13(16)9-5-6-10(17-2)11(7-9)18-3/h5-7H,4,8H2,1-3H3,(H,14,16). The summed E-state index contributed by atoms with van der Waals surface area (Å²) in [6.07, 6.45) is 0. The Morgan fingerprint density at radius 1 is 1.16 bits per heavy atom. The van der Waals surface area contributed by atoms with Crippen molar-refractivity contribution in [2.45, 2.75) is 6.92 Å². The van der Waals surface area contributed by atoms with Crippen molar-refractivity contribution in [3.63, 3.8) is 0 Å². The second-order valence-electron chi connectivity index (χ2n) is 3.56. The highest BCUT2D eigenvalue weighted by Gasteiger charge is 2.11. The molecule has 104 valence electrons. The normalized spacial score (nSPS) is 9.63. The first-order valence-corrected chi connectivity index (χ1v) is 5.78. The number of ether oxygens (including phenoxy) is 3. The summed E-state index contributed by atoms with van der Waals surface area (Å²) in [6, 6.07) is 4.75. The van der Waals surface area contributed by atoms with Crippen LogP contribution in [-0.2, 0) is 9.53 Å². The minimum absolute atomic E-state index is 0.166. The van der Waals surface area contributed by atoms with Crippen molar-refractivity contribution in [2.24, 2.45) is 0 Å². The summed E-state index contributed by atoms with van der Waals surface area (Å²) in [5, 5.41) is 2.46. The van der Waals surface area contributed by atoms with Gasteiger partial charge in [0.2, 0.25) is 0 Å². The number of amides is 1. The minimum atomic E-state index is -0.476. The number of carbonyl (C=O) groups is 2. The Hall–Kier alpha value is -2.24. The fraction of sp³-hybridized carbons (Fsp3) is 0.385. The van der Waals surface area contributed by atoms with Crippen LogP contribution in [0.25, 0.3) is 0 Å². The summed E-state index contributed by atoms with van der Waals surface area (Å²) in [4.78, 5) is 22.9. The third-order valence-corrected chi connectivity index (χ3v) is 2.34. The van der Waals surface area contributed by atoms with Gasteiger partial charge in [-0.2, -0.15) is 0 Å². The first-order chi connectivity index (χ1) is 9.12. The van der Waals surface area contributed by atoms with Crippen LogP contribution in [-0.4, -0.2) is 39.2 Å². The largest absolute Gasteiger partial charge is 0.493 e. The van der Waals surface area contributed by atoms with Crippen molar-refractivity contribution in [3.8, 4) is 11.5 Å². The van der Waals surface area contributed by atoms with E-state index in [-0.39, 0.29) is 19.1 Å². The van der Waals surface area contributed by atoms with Gasteiger partial charge in [0.1, 0.15) is 6.54 Å². The van der Waals surface area contributed by atoms with Crippen molar-refractivity contribution in [2.75, 3.05) is 27.4 Å². The molecule has 0 bridgehead atoms. The quantitative estimate of drug-likeness (QED) is 0.778. The number of benzene rings is 1. The van der Waals surface area contributed by atoms with Crippen LogP contribution in [0.15, 0.2) is 18.2 Å². The molecule has 0 radical (unpaired) electrons. The number of methoxy groups -OCH3 is 2. The maximum atomic E-state index is 11.8. The fourth-order valence-corrected chi connectivity index (χ4v) is 1.44. The van der Waals surface area contributed by atoms with E-state index in [2.05, 4.69) is 5.32 Å². The van der Waals surface area contributed by atoms with Crippen LogP contribution in [0.2, 0.25) is 0 Å². The summed E-state index contributed by atoms with van der Waals surface area (Å²) < 4.78 is 14.9. The van der Waals surface area contributed by atoms with Crippen molar-refractivity contribution in [1.82, 2.24) is 5.32 Å². The van der Waals surface area contributed by atoms with Gasteiger partial charge in [-0.1, -0.05) is 0 Å². The monoisotopic (exact) mass is 267 g/mol. The Morgan fingerprint density at radius 2 is 1.84 bits per heavy atom. The van der Waals surface area contributed by atoms with E-state index in [4.69, 9.17) is 14.2 Å². The number of rotatable bonds is 6. The van der Waals surface area contributed by atoms with Crippen LogP contribution >= 0.6 is 0 Å². The van der Waals surface area contributed by atoms with Gasteiger partial charge in [-0.3, -0.25) is 9.59 Å². The molecule has 0 aliphatic carbocycles. The number of esters is 1. The van der Waals surface area contributed by atoms with Crippen LogP contribution in [0.5, 0.6) is 11.5 Å². The van der Waals surface area contributed by atoms with E-state index in [1.165, 1.54) is 14.2 Å². The molecule has 1 N–H and O–H groups in total. The van der Waals surface area contributed by atoms with E-state index in [0.29, 0.717) is 17.1 Å². The van der Waals surface area contributed by atoms with Crippen molar-refractivity contribution in [3.05, 3.63) is 23.8 Å². The van der Waals surface area contributed by atoms with Crippen LogP contribution < -0.4 is 14.8 Å². The van der Waals surface area contributed by atoms with Gasteiger partial charge < -0.3 is 19.5 Å². The first-order valence-electron chi connectivity index (χ1n) is 5.78. The molecule has 0 fully saturated rings. The second kappa shape index (κ2) is 7.25. The van der Waals surface area contributed by atoms with E-state index in [1.807, 2.05) is 0 Å². The zero-order valence-electron chi connectivity index (χ0n) is 11.2. The van der Waals surface area contributed by atoms with E-state index in [9.17, 15) is 9.59 Å². The van der Waals surface area contributed by atoms with Crippen molar-refractivity contribution >= 4 is 11.9 Å². The summed E-state index contributed by atoms with van der Waals surface area (Å²) in [5.74, 6) is 0.126. The Labute approximate surface area is 111 Å². The van der Waals surface area contributed by atoms with Crippen LogP contribution in [0.1, 0.15) is 17.3 Å². The van der Waals surface area contributed by atoms with Gasteiger partial charge >= 0.3 is 5.97 Å². The fourth-order valence-electron chi connectivity index (χ4n) is 1.44. The van der Waals surface area contributed by atoms with Crippen LogP contribution in [0.4, 0.5) is 0 Å². The number of nitrogens with one attached hydrogen (secondary N) is 1. The lowest BCUT2D eigenvalue weighted by atomic mass is 10.2. The van der Waals surface area contributed by atoms with Gasteiger partial charge in [0, 0.05) is 5.56 Å². The SMILES string of the molecule is CCOC(=O)CNC(=O)c1ccc(OC)c(OC)c1. The zero-order chi connectivity index (χ0) is 14.3. The zero-order valence-corrected chi connectivity index (χ0v) is 11.2. The highest BCUT2D eigenvalue weighted by Crippen LogP contribution is 2.27. The average Bonchev–Trinajstić information content (AvgIpc) is 2.44. The lowest BCUT2D eigenvalue weighted by molar-refractivity contribution is -0.141. The molecule has 1 aromatic carbocycles. The number of hydrogen-bond donors (Lipinski definition) is 1. The Bertz CT molecular complexity index is 458. The Morgan fingerprint density at radius 3 is 2.42 bits per heavy atom. The average molecular weight is 267 g/mol. The molecule has 1 amide bonds. The highest BCUT2D eigenvalue weighted by atomic mass is 16.5. The lowest BCUT2D eigenvalue weighted by Gasteiger charge is -2.09. The lowest BCUT2D eigenvalue weighted by Crippen LogP contribution is -2.30. The molecule has 6 nitrogen and oxygen atoms in total. The molecule has 1 aromatic rings. The summed E-state index contributed by atoms with van der Waals surface area (Å²) in [6.45, 7) is 1.82. The highest BCUT2D eigenvalue weighted by molar-refractivity contribution is 5.96. The van der Waals surface area contributed by atoms with Gasteiger partial charge in [0.25, 0.3) is 5.91 Å². The predicted molar refractivity (Wildman–Crippen MR) is 68.5 cm³/mol. The maximum Gasteiger partial charge on any atom is 0.325 e. The third kappa shape index (κ3) is 4.17. The molecule has 0 heterocycles.